The summed E-state index contributed by atoms with van der Waals surface area (Å²) in [6.07, 6.45) is 1.73. The fourth-order valence-corrected chi connectivity index (χ4v) is 2.99. The molecule has 1 saturated heterocycles. The maximum atomic E-state index is 14.5. The molecular weight excluding hydrogens is 314 g/mol. The van der Waals surface area contributed by atoms with E-state index >= 15 is 0 Å². The third kappa shape index (κ3) is 3.54. The molecular formula is C15H17B2F2N3O2. The summed E-state index contributed by atoms with van der Waals surface area (Å²) < 4.78 is 33.3. The van der Waals surface area contributed by atoms with Crippen molar-refractivity contribution in [1.82, 2.24) is 10.2 Å². The van der Waals surface area contributed by atoms with Gasteiger partial charge in [-0.25, -0.2) is 0 Å². The Morgan fingerprint density at radius 1 is 1.62 bits per heavy atom. The first-order valence-corrected chi connectivity index (χ1v) is 7.49. The molecule has 2 heterocycles. The van der Waals surface area contributed by atoms with Gasteiger partial charge < -0.3 is 0 Å². The predicted octanol–water partition coefficient (Wildman–Crippen LogP) is 0.157. The Morgan fingerprint density at radius 2 is 2.38 bits per heavy atom. The monoisotopic (exact) mass is 331 g/mol. The SMILES string of the molecule is CN(C)C(=O)C1CCOCC1(NC=BC#N)c1bcc(F)cc1F. The van der Waals surface area contributed by atoms with Gasteiger partial charge in [0.05, 0.1) is 0 Å². The average Bonchev–Trinajstić information content (AvgIpc) is 2.54. The van der Waals surface area contributed by atoms with Crippen molar-refractivity contribution in [2.24, 2.45) is 5.92 Å². The number of halogens is 2. The third-order valence-corrected chi connectivity index (χ3v) is 4.12. The van der Waals surface area contributed by atoms with E-state index in [1.54, 1.807) is 14.1 Å². The van der Waals surface area contributed by atoms with Gasteiger partial charge in [-0.2, -0.15) is 0 Å². The van der Waals surface area contributed by atoms with Crippen LogP contribution in [0.15, 0.2) is 12.0 Å². The van der Waals surface area contributed by atoms with Gasteiger partial charge in [0.2, 0.25) is 0 Å². The molecule has 1 amide bonds. The van der Waals surface area contributed by atoms with Gasteiger partial charge in [-0.15, -0.1) is 0 Å². The van der Waals surface area contributed by atoms with Crippen molar-refractivity contribution in [2.45, 2.75) is 12.0 Å². The first-order chi connectivity index (χ1) is 11.4. The van der Waals surface area contributed by atoms with Crippen molar-refractivity contribution in [3.8, 4) is 5.97 Å². The number of nitrogens with zero attached hydrogens (tertiary/aromatic N) is 2. The van der Waals surface area contributed by atoms with E-state index in [1.807, 2.05) is 5.97 Å². The van der Waals surface area contributed by atoms with Crippen molar-refractivity contribution in [1.29, 1.82) is 5.26 Å². The van der Waals surface area contributed by atoms with Crippen LogP contribution in [0.25, 0.3) is 0 Å². The molecule has 0 spiro atoms. The van der Waals surface area contributed by atoms with Crippen LogP contribution in [0.2, 0.25) is 0 Å². The topological polar surface area (TPSA) is 65.4 Å². The fourth-order valence-electron chi connectivity index (χ4n) is 2.99. The average molecular weight is 331 g/mol. The quantitative estimate of drug-likeness (QED) is 0.799. The summed E-state index contributed by atoms with van der Waals surface area (Å²) in [5.74, 6) is 0.688. The van der Waals surface area contributed by atoms with E-state index in [1.165, 1.54) is 24.8 Å². The van der Waals surface area contributed by atoms with E-state index in [-0.39, 0.29) is 18.0 Å². The summed E-state index contributed by atoms with van der Waals surface area (Å²) in [6.45, 7) is 2.88. The van der Waals surface area contributed by atoms with Crippen LogP contribution in [0.3, 0.4) is 0 Å². The Hall–Kier alpha value is -2.07. The van der Waals surface area contributed by atoms with Crippen LogP contribution in [-0.4, -0.2) is 58.0 Å². The molecule has 9 heteroatoms. The normalized spacial score (nSPS) is 23.2. The molecule has 0 aliphatic carbocycles. The standard InChI is InChI=1S/C15H17B2F2N3O2/c1-22(2)14(23)11-3-4-24-7-15(11,21-9-16-8-20)13-12(19)5-10(18)6-17-13/h5-6,9,11,21H,3-4,7H2,1-2H3. The summed E-state index contributed by atoms with van der Waals surface area (Å²) in [6, 6.07) is 0.776. The van der Waals surface area contributed by atoms with Gasteiger partial charge >= 0.3 is 140 Å². The molecule has 1 aromatic heterocycles. The van der Waals surface area contributed by atoms with Gasteiger partial charge in [-0.05, 0) is 0 Å². The molecule has 1 aliphatic rings. The first kappa shape index (κ1) is 18.3. The molecule has 1 aromatic rings. The molecule has 0 aromatic carbocycles. The number of nitriles is 1. The minimum atomic E-state index is -1.22. The predicted molar refractivity (Wildman–Crippen MR) is 87.6 cm³/mol. The van der Waals surface area contributed by atoms with Gasteiger partial charge in [0.15, 0.2) is 0 Å². The van der Waals surface area contributed by atoms with Gasteiger partial charge in [0, 0.05) is 0 Å². The van der Waals surface area contributed by atoms with Crippen LogP contribution in [0.5, 0.6) is 0 Å². The molecule has 24 heavy (non-hydrogen) atoms. The van der Waals surface area contributed by atoms with Crippen molar-refractivity contribution >= 4 is 25.8 Å². The number of hydrogen-bond acceptors (Lipinski definition) is 4. The molecule has 0 saturated carbocycles. The Balaban J connectivity index is 2.57. The van der Waals surface area contributed by atoms with E-state index in [0.29, 0.717) is 13.0 Å². The Bertz CT molecular complexity index is 694. The molecule has 1 N–H and O–H groups in total. The van der Waals surface area contributed by atoms with Gasteiger partial charge in [0.1, 0.15) is 0 Å². The van der Waals surface area contributed by atoms with Gasteiger partial charge in [-0.3, -0.25) is 0 Å². The molecule has 2 unspecified atom stereocenters. The second-order valence-electron chi connectivity index (χ2n) is 5.83. The van der Waals surface area contributed by atoms with E-state index in [4.69, 9.17) is 10.00 Å². The van der Waals surface area contributed by atoms with Gasteiger partial charge in [-0.1, -0.05) is 0 Å². The van der Waals surface area contributed by atoms with E-state index < -0.39 is 23.1 Å². The molecule has 124 valence electrons. The maximum absolute atomic E-state index is 14.5. The van der Waals surface area contributed by atoms with Crippen LogP contribution in [0.1, 0.15) is 11.9 Å². The zero-order valence-corrected chi connectivity index (χ0v) is 13.6. The number of hydrogen-bond donors (Lipinski definition) is 1. The zero-order chi connectivity index (χ0) is 17.7. The van der Waals surface area contributed by atoms with Crippen LogP contribution < -0.4 is 5.32 Å². The van der Waals surface area contributed by atoms with Crippen LogP contribution in [-0.2, 0) is 15.1 Å². The molecule has 0 bridgehead atoms. The first-order valence-electron chi connectivity index (χ1n) is 7.49. The van der Waals surface area contributed by atoms with Crippen molar-refractivity contribution in [2.75, 3.05) is 27.3 Å². The number of carbonyl (C=O) groups is 1. The minimum absolute atomic E-state index is 0.0234. The molecule has 0 radical (unpaired) electrons. The van der Waals surface area contributed by atoms with Crippen molar-refractivity contribution in [3.05, 3.63) is 29.1 Å². The van der Waals surface area contributed by atoms with Crippen LogP contribution in [0.4, 0.5) is 8.78 Å². The fraction of sp³-hybridized carbons (Fsp3) is 0.467. The van der Waals surface area contributed by atoms with Crippen LogP contribution >= 0.6 is 0 Å². The Kier molecular flexibility index (Phi) is 5.84. The number of rotatable bonds is 4. The zero-order valence-electron chi connectivity index (χ0n) is 13.6. The number of nitrogens with one attached hydrogen (secondary N) is 1. The van der Waals surface area contributed by atoms with Crippen LogP contribution in [0, 0.1) is 28.8 Å². The van der Waals surface area contributed by atoms with Crippen molar-refractivity contribution < 1.29 is 18.3 Å². The second kappa shape index (κ2) is 7.67. The summed E-state index contributed by atoms with van der Waals surface area (Å²) in [5, 5.41) is 11.7. The van der Waals surface area contributed by atoms with Crippen molar-refractivity contribution in [3.63, 3.8) is 0 Å². The Morgan fingerprint density at radius 3 is 3.00 bits per heavy atom. The summed E-state index contributed by atoms with van der Waals surface area (Å²) in [7, 11) is 3.24. The Labute approximate surface area is 140 Å². The van der Waals surface area contributed by atoms with Gasteiger partial charge in [0.25, 0.3) is 0 Å². The number of carbonyl (C=O) groups excluding carboxylic acids is 1. The number of amides is 1. The summed E-state index contributed by atoms with van der Waals surface area (Å²) in [4.78, 5) is 14.1. The third-order valence-electron chi connectivity index (χ3n) is 4.12. The summed E-state index contributed by atoms with van der Waals surface area (Å²) >= 11 is 0. The molecule has 2 rings (SSSR count). The molecule has 1 fully saturated rings. The van der Waals surface area contributed by atoms with E-state index in [0.717, 1.165) is 12.0 Å². The second-order valence-corrected chi connectivity index (χ2v) is 5.83. The van der Waals surface area contributed by atoms with E-state index in [2.05, 4.69) is 5.32 Å². The molecule has 1 aliphatic heterocycles. The van der Waals surface area contributed by atoms with E-state index in [9.17, 15) is 13.6 Å². The molecule has 2 atom stereocenters. The molecule has 5 nitrogen and oxygen atoms in total. The summed E-state index contributed by atoms with van der Waals surface area (Å²) in [5.41, 5.74) is -1.09. The number of ether oxygens (including phenoxy) is 1.